The Morgan fingerprint density at radius 3 is 2.52 bits per heavy atom. The summed E-state index contributed by atoms with van der Waals surface area (Å²) in [4.78, 5) is 29.1. The average Bonchev–Trinajstić information content (AvgIpc) is 3.23. The van der Waals surface area contributed by atoms with Crippen molar-refractivity contribution in [1.82, 2.24) is 19.9 Å². The van der Waals surface area contributed by atoms with Gasteiger partial charge in [-0.1, -0.05) is 36.4 Å². The van der Waals surface area contributed by atoms with Gasteiger partial charge in [-0.05, 0) is 17.7 Å². The van der Waals surface area contributed by atoms with Crippen LogP contribution in [-0.2, 0) is 11.3 Å². The Morgan fingerprint density at radius 2 is 1.81 bits per heavy atom. The molecule has 2 aromatic carbocycles. The van der Waals surface area contributed by atoms with Crippen LogP contribution in [0.15, 0.2) is 60.7 Å². The van der Waals surface area contributed by atoms with Crippen LogP contribution in [0.5, 0.6) is 0 Å². The molecular formula is C22H16F2N4O3. The minimum Gasteiger partial charge on any atom is -0.464 e. The van der Waals surface area contributed by atoms with Crippen LogP contribution in [0.4, 0.5) is 8.78 Å². The predicted molar refractivity (Wildman–Crippen MR) is 107 cm³/mol. The Kier molecular flexibility index (Phi) is 5.40. The number of amides is 1. The van der Waals surface area contributed by atoms with E-state index in [1.165, 1.54) is 23.8 Å². The van der Waals surface area contributed by atoms with Crippen molar-refractivity contribution in [2.45, 2.75) is 6.54 Å². The van der Waals surface area contributed by atoms with E-state index in [0.717, 1.165) is 17.7 Å². The minimum absolute atomic E-state index is 0.0372. The number of esters is 1. The summed E-state index contributed by atoms with van der Waals surface area (Å²) in [6, 6.07) is 15.5. The zero-order chi connectivity index (χ0) is 22.0. The summed E-state index contributed by atoms with van der Waals surface area (Å²) in [6.45, 7) is -0.0553. The lowest BCUT2D eigenvalue weighted by Crippen LogP contribution is -2.26. The Hall–Kier alpha value is -4.14. The zero-order valence-electron chi connectivity index (χ0n) is 16.3. The number of hydrogen-bond acceptors (Lipinski definition) is 5. The van der Waals surface area contributed by atoms with Crippen LogP contribution in [0.2, 0.25) is 0 Å². The summed E-state index contributed by atoms with van der Waals surface area (Å²) in [7, 11) is 1.21. The number of methoxy groups -OCH3 is 1. The van der Waals surface area contributed by atoms with Crippen LogP contribution < -0.4 is 5.32 Å². The Labute approximate surface area is 175 Å². The molecule has 31 heavy (non-hydrogen) atoms. The second kappa shape index (κ2) is 8.31. The van der Waals surface area contributed by atoms with Crippen LogP contribution in [0.25, 0.3) is 16.9 Å². The molecule has 0 spiro atoms. The number of carbonyl (C=O) groups excluding carboxylic acids is 2. The molecule has 0 saturated carbocycles. The maximum Gasteiger partial charge on any atom is 0.356 e. The van der Waals surface area contributed by atoms with Gasteiger partial charge >= 0.3 is 5.97 Å². The van der Waals surface area contributed by atoms with E-state index in [9.17, 15) is 18.4 Å². The van der Waals surface area contributed by atoms with Gasteiger partial charge in [0.2, 0.25) is 0 Å². The van der Waals surface area contributed by atoms with E-state index in [2.05, 4.69) is 15.4 Å². The van der Waals surface area contributed by atoms with Crippen LogP contribution in [-0.4, -0.2) is 33.6 Å². The van der Waals surface area contributed by atoms with Crippen LogP contribution >= 0.6 is 0 Å². The van der Waals surface area contributed by atoms with Gasteiger partial charge < -0.3 is 10.1 Å². The first-order valence-corrected chi connectivity index (χ1v) is 9.23. The lowest BCUT2D eigenvalue weighted by molar-refractivity contribution is 0.0594. The van der Waals surface area contributed by atoms with E-state index >= 15 is 0 Å². The molecule has 0 bridgehead atoms. The summed E-state index contributed by atoms with van der Waals surface area (Å²) in [5.74, 6) is -3.27. The number of nitrogens with zero attached hydrogens (tertiary/aromatic N) is 3. The van der Waals surface area contributed by atoms with E-state index in [0.29, 0.717) is 11.3 Å². The van der Waals surface area contributed by atoms with E-state index in [4.69, 9.17) is 4.74 Å². The highest BCUT2D eigenvalue weighted by Gasteiger charge is 2.19. The van der Waals surface area contributed by atoms with Crippen LogP contribution in [0.3, 0.4) is 0 Å². The molecule has 1 amide bonds. The minimum atomic E-state index is -1.01. The molecule has 4 aromatic rings. The SMILES string of the molecule is COC(=O)c1cc(C(=O)NCc2ccc(F)c(F)c2)n2nc(-c3ccccc3)cc2n1. The van der Waals surface area contributed by atoms with Crippen molar-refractivity contribution >= 4 is 17.5 Å². The topological polar surface area (TPSA) is 85.6 Å². The molecule has 0 aliphatic rings. The number of hydrogen-bond donors (Lipinski definition) is 1. The number of ether oxygens (including phenoxy) is 1. The van der Waals surface area contributed by atoms with Crippen molar-refractivity contribution in [3.8, 4) is 11.3 Å². The molecule has 156 valence electrons. The van der Waals surface area contributed by atoms with Gasteiger partial charge in [0.25, 0.3) is 5.91 Å². The van der Waals surface area contributed by atoms with Gasteiger partial charge in [-0.25, -0.2) is 23.1 Å². The molecule has 0 radical (unpaired) electrons. The highest BCUT2D eigenvalue weighted by molar-refractivity contribution is 5.96. The van der Waals surface area contributed by atoms with Crippen LogP contribution in [0, 0.1) is 11.6 Å². The maximum absolute atomic E-state index is 13.4. The van der Waals surface area contributed by atoms with Gasteiger partial charge in [-0.2, -0.15) is 5.10 Å². The molecular weight excluding hydrogens is 406 g/mol. The maximum atomic E-state index is 13.4. The highest BCUT2D eigenvalue weighted by atomic mass is 19.2. The standard InChI is InChI=1S/C22H16F2N4O3/c1-31-22(30)18-10-19(21(29)25-12-13-7-8-15(23)16(24)9-13)28-20(26-18)11-17(27-28)14-5-3-2-4-6-14/h2-11H,12H2,1H3,(H,25,29). The molecule has 2 aromatic heterocycles. The lowest BCUT2D eigenvalue weighted by Gasteiger charge is -2.09. The number of fused-ring (bicyclic) bond motifs is 1. The van der Waals surface area contributed by atoms with Crippen LogP contribution in [0.1, 0.15) is 26.5 Å². The molecule has 9 heteroatoms. The highest BCUT2D eigenvalue weighted by Crippen LogP contribution is 2.20. The van der Waals surface area contributed by atoms with Crippen molar-refractivity contribution in [1.29, 1.82) is 0 Å². The largest absolute Gasteiger partial charge is 0.464 e. The van der Waals surface area contributed by atoms with Gasteiger partial charge in [0.15, 0.2) is 23.0 Å². The van der Waals surface area contributed by atoms with Crippen molar-refractivity contribution in [3.05, 3.63) is 89.2 Å². The third kappa shape index (κ3) is 4.11. The van der Waals surface area contributed by atoms with Crippen molar-refractivity contribution < 1.29 is 23.1 Å². The normalized spacial score (nSPS) is 10.8. The number of carbonyl (C=O) groups is 2. The Bertz CT molecular complexity index is 1290. The first-order chi connectivity index (χ1) is 15.0. The number of benzene rings is 2. The summed E-state index contributed by atoms with van der Waals surface area (Å²) < 4.78 is 32.6. The van der Waals surface area contributed by atoms with E-state index < -0.39 is 23.5 Å². The van der Waals surface area contributed by atoms with Gasteiger partial charge in [0.05, 0.1) is 12.8 Å². The van der Waals surface area contributed by atoms with Gasteiger partial charge in [0.1, 0.15) is 5.69 Å². The second-order valence-electron chi connectivity index (χ2n) is 6.61. The molecule has 4 rings (SSSR count). The van der Waals surface area contributed by atoms with Gasteiger partial charge in [-0.15, -0.1) is 0 Å². The van der Waals surface area contributed by atoms with Crippen molar-refractivity contribution in [3.63, 3.8) is 0 Å². The molecule has 0 atom stereocenters. The number of aromatic nitrogens is 3. The molecule has 0 aliphatic heterocycles. The van der Waals surface area contributed by atoms with Gasteiger partial charge in [-0.3, -0.25) is 4.79 Å². The summed E-state index contributed by atoms with van der Waals surface area (Å²) in [5, 5.41) is 7.06. The average molecular weight is 422 g/mol. The molecule has 0 saturated heterocycles. The smallest absolute Gasteiger partial charge is 0.356 e. The third-order valence-corrected chi connectivity index (χ3v) is 4.56. The van der Waals surface area contributed by atoms with E-state index in [-0.39, 0.29) is 23.6 Å². The fourth-order valence-electron chi connectivity index (χ4n) is 3.02. The summed E-state index contributed by atoms with van der Waals surface area (Å²) in [6.07, 6.45) is 0. The monoisotopic (exact) mass is 422 g/mol. The molecule has 1 N–H and O–H groups in total. The van der Waals surface area contributed by atoms with Gasteiger partial charge in [0, 0.05) is 24.2 Å². The zero-order valence-corrected chi connectivity index (χ0v) is 16.3. The van der Waals surface area contributed by atoms with E-state index in [1.54, 1.807) is 6.07 Å². The lowest BCUT2D eigenvalue weighted by atomic mass is 10.2. The molecule has 2 heterocycles. The molecule has 0 unspecified atom stereocenters. The van der Waals surface area contributed by atoms with Crippen molar-refractivity contribution in [2.24, 2.45) is 0 Å². The Balaban J connectivity index is 1.71. The molecule has 0 aliphatic carbocycles. The first kappa shape index (κ1) is 20.1. The molecule has 0 fully saturated rings. The summed E-state index contributed by atoms with van der Waals surface area (Å²) >= 11 is 0. The predicted octanol–water partition coefficient (Wildman–Crippen LogP) is 3.39. The fourth-order valence-corrected chi connectivity index (χ4v) is 3.02. The summed E-state index contributed by atoms with van der Waals surface area (Å²) in [5.41, 5.74) is 1.99. The fraction of sp³-hybridized carbons (Fsp3) is 0.0909. The number of rotatable bonds is 5. The molecule has 7 nitrogen and oxygen atoms in total. The Morgan fingerprint density at radius 1 is 1.03 bits per heavy atom. The third-order valence-electron chi connectivity index (χ3n) is 4.56. The number of nitrogens with one attached hydrogen (secondary N) is 1. The first-order valence-electron chi connectivity index (χ1n) is 9.23. The van der Waals surface area contributed by atoms with Crippen molar-refractivity contribution in [2.75, 3.05) is 7.11 Å². The number of halogens is 2. The quantitative estimate of drug-likeness (QED) is 0.499. The second-order valence-corrected chi connectivity index (χ2v) is 6.61. The van der Waals surface area contributed by atoms with E-state index in [1.807, 2.05) is 30.3 Å².